The molecule has 0 aliphatic carbocycles. The number of carbonyl (C=O) groups is 1. The maximum absolute atomic E-state index is 12.1. The SMILES string of the molecule is COc1cnc2c(n1)SC1=C(CC(C)(C)NC1=O)N2. The van der Waals surface area contributed by atoms with Crippen LogP contribution in [0.1, 0.15) is 20.3 Å². The van der Waals surface area contributed by atoms with Gasteiger partial charge in [-0.15, -0.1) is 0 Å². The summed E-state index contributed by atoms with van der Waals surface area (Å²) in [7, 11) is 1.54. The molecule has 0 saturated carbocycles. The van der Waals surface area contributed by atoms with Crippen LogP contribution in [0.25, 0.3) is 0 Å². The van der Waals surface area contributed by atoms with Crippen LogP contribution >= 0.6 is 11.8 Å². The summed E-state index contributed by atoms with van der Waals surface area (Å²) in [6, 6.07) is 0. The molecule has 0 radical (unpaired) electrons. The molecule has 2 aliphatic rings. The summed E-state index contributed by atoms with van der Waals surface area (Å²) in [5.74, 6) is 1.04. The lowest BCUT2D eigenvalue weighted by molar-refractivity contribution is -0.118. The average Bonchev–Trinajstić information content (AvgIpc) is 2.35. The predicted molar refractivity (Wildman–Crippen MR) is 71.9 cm³/mol. The highest BCUT2D eigenvalue weighted by atomic mass is 32.2. The topological polar surface area (TPSA) is 76.1 Å². The Labute approximate surface area is 115 Å². The fourth-order valence-electron chi connectivity index (χ4n) is 2.13. The van der Waals surface area contributed by atoms with Crippen molar-refractivity contribution >= 4 is 23.5 Å². The number of methoxy groups -OCH3 is 1. The number of hydrogen-bond donors (Lipinski definition) is 2. The second-order valence-corrected chi connectivity index (χ2v) is 6.11. The van der Waals surface area contributed by atoms with Crippen LogP contribution in [0.3, 0.4) is 0 Å². The van der Waals surface area contributed by atoms with E-state index >= 15 is 0 Å². The molecule has 2 aliphatic heterocycles. The van der Waals surface area contributed by atoms with Gasteiger partial charge < -0.3 is 15.4 Å². The van der Waals surface area contributed by atoms with Crippen molar-refractivity contribution < 1.29 is 9.53 Å². The van der Waals surface area contributed by atoms with E-state index in [1.54, 1.807) is 6.20 Å². The lowest BCUT2D eigenvalue weighted by atomic mass is 9.94. The highest BCUT2D eigenvalue weighted by Gasteiger charge is 2.36. The molecule has 19 heavy (non-hydrogen) atoms. The van der Waals surface area contributed by atoms with Crippen molar-refractivity contribution in [2.45, 2.75) is 30.8 Å². The first-order chi connectivity index (χ1) is 8.98. The number of ether oxygens (including phenoxy) is 1. The standard InChI is InChI=1S/C12H14N4O2S/c1-12(2)4-6-8(10(17)16-12)19-11-9(14-6)13-5-7(15-11)18-3/h5H,4H2,1-3H3,(H,13,14)(H,16,17). The Kier molecular flexibility index (Phi) is 2.67. The van der Waals surface area contributed by atoms with Crippen LogP contribution in [0.2, 0.25) is 0 Å². The third-order valence-corrected chi connectivity index (χ3v) is 4.06. The molecule has 0 bridgehead atoms. The maximum atomic E-state index is 12.1. The lowest BCUT2D eigenvalue weighted by Gasteiger charge is -2.35. The van der Waals surface area contributed by atoms with Crippen molar-refractivity contribution in [3.8, 4) is 5.88 Å². The molecule has 0 atom stereocenters. The molecule has 1 aromatic heterocycles. The van der Waals surface area contributed by atoms with Gasteiger partial charge >= 0.3 is 0 Å². The Morgan fingerprint density at radius 2 is 2.26 bits per heavy atom. The van der Waals surface area contributed by atoms with Crippen molar-refractivity contribution in [2.75, 3.05) is 12.4 Å². The van der Waals surface area contributed by atoms with Crippen molar-refractivity contribution in [2.24, 2.45) is 0 Å². The summed E-state index contributed by atoms with van der Waals surface area (Å²) >= 11 is 1.33. The van der Waals surface area contributed by atoms with Crippen LogP contribution < -0.4 is 15.4 Å². The number of rotatable bonds is 1. The fraction of sp³-hybridized carbons (Fsp3) is 0.417. The lowest BCUT2D eigenvalue weighted by Crippen LogP contribution is -2.49. The first-order valence-electron chi connectivity index (χ1n) is 5.90. The Bertz CT molecular complexity index is 597. The van der Waals surface area contributed by atoms with E-state index in [0.717, 1.165) is 12.1 Å². The van der Waals surface area contributed by atoms with E-state index in [9.17, 15) is 4.79 Å². The molecule has 6 nitrogen and oxygen atoms in total. The van der Waals surface area contributed by atoms with Crippen molar-refractivity contribution in [3.05, 3.63) is 16.8 Å². The van der Waals surface area contributed by atoms with Crippen molar-refractivity contribution in [1.82, 2.24) is 15.3 Å². The van der Waals surface area contributed by atoms with Gasteiger partial charge in [0, 0.05) is 17.7 Å². The molecular formula is C12H14N4O2S. The van der Waals surface area contributed by atoms with Crippen LogP contribution in [-0.2, 0) is 4.79 Å². The quantitative estimate of drug-likeness (QED) is 0.811. The first kappa shape index (κ1) is 12.3. The fourth-order valence-corrected chi connectivity index (χ4v) is 3.05. The number of amides is 1. The number of anilines is 1. The van der Waals surface area contributed by atoms with Crippen LogP contribution in [-0.4, -0.2) is 28.5 Å². The van der Waals surface area contributed by atoms with Gasteiger partial charge in [0.1, 0.15) is 5.03 Å². The van der Waals surface area contributed by atoms with Gasteiger partial charge in [0.25, 0.3) is 5.91 Å². The number of hydrogen-bond acceptors (Lipinski definition) is 6. The Hall–Kier alpha value is -1.76. The van der Waals surface area contributed by atoms with Gasteiger partial charge in [0.2, 0.25) is 5.88 Å². The third-order valence-electron chi connectivity index (χ3n) is 2.95. The smallest absolute Gasteiger partial charge is 0.260 e. The number of nitrogens with one attached hydrogen (secondary N) is 2. The van der Waals surface area contributed by atoms with Crippen LogP contribution in [0.5, 0.6) is 5.88 Å². The minimum atomic E-state index is -0.249. The molecule has 0 fully saturated rings. The highest BCUT2D eigenvalue weighted by molar-refractivity contribution is 8.04. The molecule has 7 heteroatoms. The number of nitrogens with zero attached hydrogens (tertiary/aromatic N) is 2. The summed E-state index contributed by atoms with van der Waals surface area (Å²) in [5.41, 5.74) is 0.659. The van der Waals surface area contributed by atoms with Gasteiger partial charge in [-0.1, -0.05) is 11.8 Å². The molecule has 3 heterocycles. The van der Waals surface area contributed by atoms with E-state index in [1.165, 1.54) is 18.9 Å². The van der Waals surface area contributed by atoms with Gasteiger partial charge in [0.05, 0.1) is 18.2 Å². The molecule has 0 saturated heterocycles. The zero-order chi connectivity index (χ0) is 13.6. The maximum Gasteiger partial charge on any atom is 0.260 e. The molecule has 1 aromatic rings. The molecule has 1 amide bonds. The molecule has 0 spiro atoms. The second-order valence-electron chi connectivity index (χ2n) is 5.12. The summed E-state index contributed by atoms with van der Waals surface area (Å²) in [5, 5.41) is 6.84. The minimum Gasteiger partial charge on any atom is -0.480 e. The van der Waals surface area contributed by atoms with E-state index in [1.807, 2.05) is 13.8 Å². The Balaban J connectivity index is 1.98. The van der Waals surface area contributed by atoms with E-state index in [0.29, 0.717) is 21.6 Å². The molecule has 100 valence electrons. The predicted octanol–water partition coefficient (Wildman–Crippen LogP) is 1.51. The van der Waals surface area contributed by atoms with Crippen molar-refractivity contribution in [3.63, 3.8) is 0 Å². The van der Waals surface area contributed by atoms with Crippen LogP contribution in [0.4, 0.5) is 5.82 Å². The number of carbonyl (C=O) groups excluding carboxylic acids is 1. The highest BCUT2D eigenvalue weighted by Crippen LogP contribution is 2.42. The monoisotopic (exact) mass is 278 g/mol. The Morgan fingerprint density at radius 1 is 1.47 bits per heavy atom. The van der Waals surface area contributed by atoms with Gasteiger partial charge in [0.15, 0.2) is 5.82 Å². The minimum absolute atomic E-state index is 0.0704. The third kappa shape index (κ3) is 2.14. The van der Waals surface area contributed by atoms with Crippen LogP contribution in [0, 0.1) is 0 Å². The first-order valence-corrected chi connectivity index (χ1v) is 6.72. The molecular weight excluding hydrogens is 264 g/mol. The zero-order valence-electron chi connectivity index (χ0n) is 10.9. The summed E-state index contributed by atoms with van der Waals surface area (Å²) in [4.78, 5) is 21.3. The van der Waals surface area contributed by atoms with Crippen molar-refractivity contribution in [1.29, 1.82) is 0 Å². The van der Waals surface area contributed by atoms with E-state index < -0.39 is 0 Å². The largest absolute Gasteiger partial charge is 0.480 e. The van der Waals surface area contributed by atoms with Crippen LogP contribution in [0.15, 0.2) is 21.8 Å². The van der Waals surface area contributed by atoms with Gasteiger partial charge in [-0.2, -0.15) is 0 Å². The zero-order valence-corrected chi connectivity index (χ0v) is 11.7. The second kappa shape index (κ2) is 4.12. The molecule has 2 N–H and O–H groups in total. The summed E-state index contributed by atoms with van der Waals surface area (Å²) in [6.45, 7) is 3.99. The van der Waals surface area contributed by atoms with E-state index in [2.05, 4.69) is 20.6 Å². The summed E-state index contributed by atoms with van der Waals surface area (Å²) in [6.07, 6.45) is 2.31. The number of fused-ring (bicyclic) bond motifs is 1. The Morgan fingerprint density at radius 3 is 3.00 bits per heavy atom. The summed E-state index contributed by atoms with van der Waals surface area (Å²) < 4.78 is 5.04. The van der Waals surface area contributed by atoms with Gasteiger partial charge in [-0.05, 0) is 13.8 Å². The van der Waals surface area contributed by atoms with E-state index in [4.69, 9.17) is 4.74 Å². The van der Waals surface area contributed by atoms with Gasteiger partial charge in [-0.3, -0.25) is 4.79 Å². The van der Waals surface area contributed by atoms with E-state index in [-0.39, 0.29) is 11.4 Å². The normalized spacial score (nSPS) is 20.1. The number of aromatic nitrogens is 2. The molecule has 0 unspecified atom stereocenters. The van der Waals surface area contributed by atoms with Gasteiger partial charge in [-0.25, -0.2) is 9.97 Å². The average molecular weight is 278 g/mol. The number of thioether (sulfide) groups is 1. The molecule has 3 rings (SSSR count). The molecule has 0 aromatic carbocycles.